The largest absolute Gasteiger partial charge is 0.478 e. The third kappa shape index (κ3) is 5.12. The molecule has 0 amide bonds. The van der Waals surface area contributed by atoms with Crippen LogP contribution < -0.4 is 0 Å². The highest BCUT2D eigenvalue weighted by molar-refractivity contribution is 8.00. The fraction of sp³-hybridized carbons (Fsp3) is 0.417. The minimum atomic E-state index is -3.55. The third-order valence-electron chi connectivity index (χ3n) is 2.46. The highest BCUT2D eigenvalue weighted by Gasteiger charge is 2.16. The predicted molar refractivity (Wildman–Crippen MR) is 75.9 cm³/mol. The third-order valence-corrected chi connectivity index (χ3v) is 5.54. The molecule has 0 aromatic heterocycles. The van der Waals surface area contributed by atoms with Gasteiger partial charge in [-0.2, -0.15) is 11.8 Å². The van der Waals surface area contributed by atoms with E-state index in [-0.39, 0.29) is 34.3 Å². The van der Waals surface area contributed by atoms with Gasteiger partial charge in [0.25, 0.3) is 0 Å². The number of hydrogen-bond donors (Lipinski definition) is 3. The van der Waals surface area contributed by atoms with E-state index in [1.807, 2.05) is 0 Å². The van der Waals surface area contributed by atoms with Gasteiger partial charge in [0.2, 0.25) is 0 Å². The van der Waals surface area contributed by atoms with Crippen molar-refractivity contribution in [2.24, 2.45) is 0 Å². The maximum absolute atomic E-state index is 12.0. The van der Waals surface area contributed by atoms with Crippen molar-refractivity contribution in [3.63, 3.8) is 0 Å². The van der Waals surface area contributed by atoms with Crippen LogP contribution in [-0.2, 0) is 9.84 Å². The number of benzene rings is 1. The van der Waals surface area contributed by atoms with Crippen molar-refractivity contribution in [3.05, 3.63) is 29.8 Å². The summed E-state index contributed by atoms with van der Waals surface area (Å²) in [5, 5.41) is 26.6. The molecule has 0 saturated carbocycles. The molecule has 0 spiro atoms. The van der Waals surface area contributed by atoms with Crippen LogP contribution in [0.3, 0.4) is 0 Å². The molecular formula is C12H16O6S2. The van der Waals surface area contributed by atoms with Crippen molar-refractivity contribution in [3.8, 4) is 0 Å². The first-order valence-corrected chi connectivity index (χ1v) is 8.60. The van der Waals surface area contributed by atoms with E-state index in [1.54, 1.807) is 0 Å². The first-order valence-electron chi connectivity index (χ1n) is 5.79. The molecule has 0 heterocycles. The molecule has 1 aromatic rings. The van der Waals surface area contributed by atoms with Gasteiger partial charge in [0.15, 0.2) is 9.84 Å². The summed E-state index contributed by atoms with van der Waals surface area (Å²) < 4.78 is 24.0. The summed E-state index contributed by atoms with van der Waals surface area (Å²) in [5.74, 6) is -0.820. The standard InChI is InChI=1S/C12H16O6S2/c13-7-10(14)8-19-4-5-20(17,18)11-3-1-2-9(6-11)12(15)16/h1-3,6,10,13-14H,4-5,7-8H2,(H,15,16). The SMILES string of the molecule is O=C(O)c1cccc(S(=O)(=O)CCSCC(O)CO)c1. The number of carboxylic acid groups (broad SMARTS) is 1. The normalized spacial score (nSPS) is 13.1. The number of carboxylic acids is 1. The number of hydrogen-bond acceptors (Lipinski definition) is 6. The molecule has 1 rings (SSSR count). The Labute approximate surface area is 121 Å². The lowest BCUT2D eigenvalue weighted by atomic mass is 10.2. The van der Waals surface area contributed by atoms with Crippen LogP contribution >= 0.6 is 11.8 Å². The maximum atomic E-state index is 12.0. The quantitative estimate of drug-likeness (QED) is 0.588. The molecule has 0 saturated heterocycles. The van der Waals surface area contributed by atoms with Crippen LogP contribution in [0.15, 0.2) is 29.2 Å². The molecule has 112 valence electrons. The Kier molecular flexibility index (Phi) is 6.47. The minimum absolute atomic E-state index is 0.0271. The molecule has 0 radical (unpaired) electrons. The van der Waals surface area contributed by atoms with Gasteiger partial charge in [-0.25, -0.2) is 13.2 Å². The number of carbonyl (C=O) groups is 1. The highest BCUT2D eigenvalue weighted by Crippen LogP contribution is 2.15. The van der Waals surface area contributed by atoms with Crippen molar-refractivity contribution in [2.45, 2.75) is 11.0 Å². The van der Waals surface area contributed by atoms with Crippen LogP contribution in [0, 0.1) is 0 Å². The minimum Gasteiger partial charge on any atom is -0.478 e. The van der Waals surface area contributed by atoms with Gasteiger partial charge in [-0.15, -0.1) is 0 Å². The molecule has 1 atom stereocenters. The first kappa shape index (κ1) is 17.0. The summed E-state index contributed by atoms with van der Waals surface area (Å²) in [5.41, 5.74) is -0.0746. The van der Waals surface area contributed by atoms with Crippen molar-refractivity contribution >= 4 is 27.6 Å². The number of aliphatic hydroxyl groups excluding tert-OH is 2. The summed E-state index contributed by atoms with van der Waals surface area (Å²) in [6.07, 6.45) is -0.863. The van der Waals surface area contributed by atoms with Gasteiger partial charge in [0.05, 0.1) is 28.9 Å². The van der Waals surface area contributed by atoms with E-state index < -0.39 is 21.9 Å². The smallest absolute Gasteiger partial charge is 0.335 e. The zero-order valence-electron chi connectivity index (χ0n) is 10.6. The second-order valence-corrected chi connectivity index (χ2v) is 7.32. The molecule has 0 bridgehead atoms. The van der Waals surface area contributed by atoms with Gasteiger partial charge in [0, 0.05) is 11.5 Å². The molecule has 3 N–H and O–H groups in total. The second kappa shape index (κ2) is 7.63. The Balaban J connectivity index is 2.65. The van der Waals surface area contributed by atoms with Crippen molar-refractivity contribution < 1.29 is 28.5 Å². The van der Waals surface area contributed by atoms with Gasteiger partial charge in [-0.05, 0) is 18.2 Å². The summed E-state index contributed by atoms with van der Waals surface area (Å²) in [6, 6.07) is 5.20. The van der Waals surface area contributed by atoms with Crippen LogP contribution in [-0.4, -0.2) is 59.7 Å². The summed E-state index contributed by atoms with van der Waals surface area (Å²) in [6.45, 7) is -0.361. The summed E-state index contributed by atoms with van der Waals surface area (Å²) >= 11 is 1.21. The Morgan fingerprint density at radius 1 is 1.35 bits per heavy atom. The molecule has 20 heavy (non-hydrogen) atoms. The average Bonchev–Trinajstić information content (AvgIpc) is 2.43. The van der Waals surface area contributed by atoms with Crippen LogP contribution in [0.4, 0.5) is 0 Å². The zero-order chi connectivity index (χ0) is 15.2. The molecule has 0 fully saturated rings. The molecule has 0 aliphatic carbocycles. The van der Waals surface area contributed by atoms with E-state index in [1.165, 1.54) is 30.0 Å². The van der Waals surface area contributed by atoms with Crippen LogP contribution in [0.25, 0.3) is 0 Å². The number of rotatable bonds is 8. The number of aliphatic hydroxyl groups is 2. The van der Waals surface area contributed by atoms with E-state index in [0.717, 1.165) is 6.07 Å². The zero-order valence-corrected chi connectivity index (χ0v) is 12.2. The Morgan fingerprint density at radius 3 is 2.65 bits per heavy atom. The first-order chi connectivity index (χ1) is 9.36. The number of aromatic carboxylic acids is 1. The van der Waals surface area contributed by atoms with Gasteiger partial charge < -0.3 is 15.3 Å². The van der Waals surface area contributed by atoms with Crippen LogP contribution in [0.2, 0.25) is 0 Å². The van der Waals surface area contributed by atoms with Crippen molar-refractivity contribution in [1.29, 1.82) is 0 Å². The molecule has 8 heteroatoms. The van der Waals surface area contributed by atoms with E-state index in [4.69, 9.17) is 15.3 Å². The Bertz CT molecular complexity index is 555. The van der Waals surface area contributed by atoms with E-state index in [2.05, 4.69) is 0 Å². The summed E-state index contributed by atoms with van der Waals surface area (Å²) in [4.78, 5) is 10.8. The molecule has 6 nitrogen and oxygen atoms in total. The van der Waals surface area contributed by atoms with Gasteiger partial charge in [-0.3, -0.25) is 0 Å². The number of thioether (sulfide) groups is 1. The van der Waals surface area contributed by atoms with Gasteiger partial charge in [-0.1, -0.05) is 6.07 Å². The molecule has 1 aromatic carbocycles. The molecule has 0 aliphatic heterocycles. The fourth-order valence-electron chi connectivity index (χ4n) is 1.38. The topological polar surface area (TPSA) is 112 Å². The lowest BCUT2D eigenvalue weighted by Gasteiger charge is -2.07. The Morgan fingerprint density at radius 2 is 2.05 bits per heavy atom. The van der Waals surface area contributed by atoms with E-state index >= 15 is 0 Å². The Hall–Kier alpha value is -1.09. The lowest BCUT2D eigenvalue weighted by Crippen LogP contribution is -2.16. The van der Waals surface area contributed by atoms with Crippen molar-refractivity contribution in [1.82, 2.24) is 0 Å². The molecule has 0 aliphatic rings. The lowest BCUT2D eigenvalue weighted by molar-refractivity contribution is 0.0696. The monoisotopic (exact) mass is 320 g/mol. The fourth-order valence-corrected chi connectivity index (χ4v) is 4.10. The van der Waals surface area contributed by atoms with Gasteiger partial charge in [0.1, 0.15) is 0 Å². The number of sulfone groups is 1. The molecular weight excluding hydrogens is 304 g/mol. The van der Waals surface area contributed by atoms with Gasteiger partial charge >= 0.3 is 5.97 Å². The average molecular weight is 320 g/mol. The molecule has 1 unspecified atom stereocenters. The van der Waals surface area contributed by atoms with Crippen LogP contribution in [0.5, 0.6) is 0 Å². The van der Waals surface area contributed by atoms with E-state index in [9.17, 15) is 13.2 Å². The maximum Gasteiger partial charge on any atom is 0.335 e. The van der Waals surface area contributed by atoms with E-state index in [0.29, 0.717) is 0 Å². The predicted octanol–water partition coefficient (Wildman–Crippen LogP) is 0.245. The highest BCUT2D eigenvalue weighted by atomic mass is 32.2. The van der Waals surface area contributed by atoms with Crippen LogP contribution in [0.1, 0.15) is 10.4 Å². The van der Waals surface area contributed by atoms with Crippen molar-refractivity contribution in [2.75, 3.05) is 23.9 Å². The summed E-state index contributed by atoms with van der Waals surface area (Å²) in [7, 11) is -3.55. The second-order valence-electron chi connectivity index (χ2n) is 4.06.